The van der Waals surface area contributed by atoms with E-state index >= 15 is 0 Å². The van der Waals surface area contributed by atoms with Gasteiger partial charge < -0.3 is 10.2 Å². The molecule has 0 aromatic carbocycles. The van der Waals surface area contributed by atoms with Gasteiger partial charge in [-0.15, -0.1) is 0 Å². The van der Waals surface area contributed by atoms with Crippen LogP contribution >= 0.6 is 0 Å². The lowest BCUT2D eigenvalue weighted by Gasteiger charge is -2.26. The van der Waals surface area contributed by atoms with E-state index in [4.69, 9.17) is 0 Å². The van der Waals surface area contributed by atoms with Crippen LogP contribution in [0.1, 0.15) is 59.3 Å². The van der Waals surface area contributed by atoms with E-state index in [1.165, 1.54) is 58.2 Å². The van der Waals surface area contributed by atoms with Crippen molar-refractivity contribution in [3.63, 3.8) is 0 Å². The SMILES string of the molecule is CCC1(CC)CCN(CCCCC(C)NC)C1. The van der Waals surface area contributed by atoms with Gasteiger partial charge in [0.1, 0.15) is 0 Å². The Hall–Kier alpha value is -0.0800. The number of unbranched alkanes of at least 4 members (excludes halogenated alkanes) is 1. The van der Waals surface area contributed by atoms with E-state index in [2.05, 4.69) is 38.0 Å². The maximum atomic E-state index is 3.31. The molecule has 0 radical (unpaired) electrons. The largest absolute Gasteiger partial charge is 0.317 e. The van der Waals surface area contributed by atoms with Gasteiger partial charge >= 0.3 is 0 Å². The number of nitrogens with zero attached hydrogens (tertiary/aromatic N) is 1. The topological polar surface area (TPSA) is 15.3 Å². The molecule has 1 atom stereocenters. The predicted molar refractivity (Wildman–Crippen MR) is 76.4 cm³/mol. The molecule has 2 nitrogen and oxygen atoms in total. The molecule has 2 heteroatoms. The third-order valence-corrected chi connectivity index (χ3v) is 4.87. The fourth-order valence-corrected chi connectivity index (χ4v) is 2.98. The summed E-state index contributed by atoms with van der Waals surface area (Å²) in [5.74, 6) is 0. The van der Waals surface area contributed by atoms with Crippen LogP contribution in [0.2, 0.25) is 0 Å². The van der Waals surface area contributed by atoms with Gasteiger partial charge in [-0.25, -0.2) is 0 Å². The standard InChI is InChI=1S/C15H32N2/c1-5-15(6-2)10-12-17(13-15)11-8-7-9-14(3)16-4/h14,16H,5-13H2,1-4H3. The molecule has 1 unspecified atom stereocenters. The molecule has 1 fully saturated rings. The van der Waals surface area contributed by atoms with Crippen molar-refractivity contribution < 1.29 is 0 Å². The molecule has 0 aromatic heterocycles. The molecule has 1 saturated heterocycles. The lowest BCUT2D eigenvalue weighted by Crippen LogP contribution is -2.27. The Balaban J connectivity index is 2.14. The van der Waals surface area contributed by atoms with E-state index in [9.17, 15) is 0 Å². The van der Waals surface area contributed by atoms with E-state index in [-0.39, 0.29) is 0 Å². The van der Waals surface area contributed by atoms with E-state index in [0.717, 1.165) is 0 Å². The van der Waals surface area contributed by atoms with Crippen LogP contribution in [-0.4, -0.2) is 37.6 Å². The molecule has 1 rings (SSSR count). The fraction of sp³-hybridized carbons (Fsp3) is 1.00. The maximum Gasteiger partial charge on any atom is 0.00382 e. The van der Waals surface area contributed by atoms with E-state index in [1.54, 1.807) is 0 Å². The predicted octanol–water partition coefficient (Wildman–Crippen LogP) is 3.28. The van der Waals surface area contributed by atoms with Gasteiger partial charge in [-0.05, 0) is 64.6 Å². The lowest BCUT2D eigenvalue weighted by molar-refractivity contribution is 0.237. The van der Waals surface area contributed by atoms with Crippen molar-refractivity contribution in [3.8, 4) is 0 Å². The second kappa shape index (κ2) is 7.38. The molecular formula is C15H32N2. The highest BCUT2D eigenvalue weighted by atomic mass is 15.2. The molecule has 0 bridgehead atoms. The Morgan fingerprint density at radius 2 is 1.94 bits per heavy atom. The zero-order chi connectivity index (χ0) is 12.7. The Kier molecular flexibility index (Phi) is 6.50. The summed E-state index contributed by atoms with van der Waals surface area (Å²) < 4.78 is 0. The van der Waals surface area contributed by atoms with Crippen molar-refractivity contribution in [1.29, 1.82) is 0 Å². The van der Waals surface area contributed by atoms with Gasteiger partial charge in [0.25, 0.3) is 0 Å². The van der Waals surface area contributed by atoms with Gasteiger partial charge in [-0.2, -0.15) is 0 Å². The van der Waals surface area contributed by atoms with Crippen LogP contribution in [0.25, 0.3) is 0 Å². The molecule has 0 aromatic rings. The highest BCUT2D eigenvalue weighted by Crippen LogP contribution is 2.36. The van der Waals surface area contributed by atoms with Crippen LogP contribution < -0.4 is 5.32 Å². The summed E-state index contributed by atoms with van der Waals surface area (Å²) in [5, 5.41) is 3.31. The quantitative estimate of drug-likeness (QED) is 0.655. The Labute approximate surface area is 108 Å². The molecule has 1 aliphatic rings. The van der Waals surface area contributed by atoms with Gasteiger partial charge in [-0.3, -0.25) is 0 Å². The lowest BCUT2D eigenvalue weighted by atomic mass is 9.82. The van der Waals surface area contributed by atoms with Gasteiger partial charge in [0, 0.05) is 12.6 Å². The normalized spacial score (nSPS) is 21.9. The molecule has 0 aliphatic carbocycles. The van der Waals surface area contributed by atoms with Crippen molar-refractivity contribution in [2.45, 2.75) is 65.3 Å². The minimum atomic E-state index is 0.651. The van der Waals surface area contributed by atoms with E-state index < -0.39 is 0 Å². The van der Waals surface area contributed by atoms with Crippen LogP contribution in [0.5, 0.6) is 0 Å². The minimum Gasteiger partial charge on any atom is -0.317 e. The number of hydrogen-bond acceptors (Lipinski definition) is 2. The van der Waals surface area contributed by atoms with Gasteiger partial charge in [-0.1, -0.05) is 20.3 Å². The molecule has 0 amide bonds. The Morgan fingerprint density at radius 3 is 2.47 bits per heavy atom. The highest BCUT2D eigenvalue weighted by molar-refractivity contribution is 4.87. The summed E-state index contributed by atoms with van der Waals surface area (Å²) in [6.45, 7) is 11.0. The van der Waals surface area contributed by atoms with Crippen LogP contribution in [0.3, 0.4) is 0 Å². The number of likely N-dealkylation sites (tertiary alicyclic amines) is 1. The van der Waals surface area contributed by atoms with Gasteiger partial charge in [0.2, 0.25) is 0 Å². The molecule has 102 valence electrons. The Morgan fingerprint density at radius 1 is 1.24 bits per heavy atom. The molecule has 1 aliphatic heterocycles. The minimum absolute atomic E-state index is 0.651. The number of hydrogen-bond donors (Lipinski definition) is 1. The van der Waals surface area contributed by atoms with Crippen molar-refractivity contribution in [1.82, 2.24) is 10.2 Å². The first-order valence-corrected chi connectivity index (χ1v) is 7.55. The molecule has 1 N–H and O–H groups in total. The maximum absolute atomic E-state index is 3.31. The van der Waals surface area contributed by atoms with Gasteiger partial charge in [0.15, 0.2) is 0 Å². The summed E-state index contributed by atoms with van der Waals surface area (Å²) >= 11 is 0. The highest BCUT2D eigenvalue weighted by Gasteiger charge is 2.34. The molecule has 0 saturated carbocycles. The third-order valence-electron chi connectivity index (χ3n) is 4.87. The molecule has 0 spiro atoms. The summed E-state index contributed by atoms with van der Waals surface area (Å²) in [5.41, 5.74) is 0.651. The van der Waals surface area contributed by atoms with Crippen LogP contribution in [-0.2, 0) is 0 Å². The molecule has 1 heterocycles. The zero-order valence-corrected chi connectivity index (χ0v) is 12.4. The average molecular weight is 240 g/mol. The molecule has 17 heavy (non-hydrogen) atoms. The average Bonchev–Trinajstić information content (AvgIpc) is 2.78. The van der Waals surface area contributed by atoms with Crippen molar-refractivity contribution in [2.75, 3.05) is 26.7 Å². The third kappa shape index (κ3) is 4.59. The summed E-state index contributed by atoms with van der Waals surface area (Å²) in [6.07, 6.45) is 8.19. The first-order valence-electron chi connectivity index (χ1n) is 7.55. The summed E-state index contributed by atoms with van der Waals surface area (Å²) in [7, 11) is 2.06. The first-order chi connectivity index (χ1) is 8.15. The van der Waals surface area contributed by atoms with E-state index in [0.29, 0.717) is 11.5 Å². The first kappa shape index (κ1) is 15.0. The second-order valence-corrected chi connectivity index (χ2v) is 5.92. The Bertz CT molecular complexity index is 199. The van der Waals surface area contributed by atoms with Crippen molar-refractivity contribution in [3.05, 3.63) is 0 Å². The zero-order valence-electron chi connectivity index (χ0n) is 12.4. The summed E-state index contributed by atoms with van der Waals surface area (Å²) in [6, 6.07) is 0.680. The number of rotatable bonds is 8. The van der Waals surface area contributed by atoms with Crippen LogP contribution in [0, 0.1) is 5.41 Å². The van der Waals surface area contributed by atoms with Gasteiger partial charge in [0.05, 0.1) is 0 Å². The van der Waals surface area contributed by atoms with Crippen LogP contribution in [0.4, 0.5) is 0 Å². The second-order valence-electron chi connectivity index (χ2n) is 5.92. The smallest absolute Gasteiger partial charge is 0.00382 e. The monoisotopic (exact) mass is 240 g/mol. The number of nitrogens with one attached hydrogen (secondary N) is 1. The van der Waals surface area contributed by atoms with Crippen molar-refractivity contribution >= 4 is 0 Å². The fourth-order valence-electron chi connectivity index (χ4n) is 2.98. The van der Waals surface area contributed by atoms with Crippen LogP contribution in [0.15, 0.2) is 0 Å². The molecular weight excluding hydrogens is 208 g/mol. The summed E-state index contributed by atoms with van der Waals surface area (Å²) in [4.78, 5) is 2.69. The van der Waals surface area contributed by atoms with E-state index in [1.807, 2.05) is 0 Å². The van der Waals surface area contributed by atoms with Crippen molar-refractivity contribution in [2.24, 2.45) is 5.41 Å².